The van der Waals surface area contributed by atoms with Crippen LogP contribution in [0.2, 0.25) is 0 Å². The Labute approximate surface area is 79.0 Å². The van der Waals surface area contributed by atoms with Gasteiger partial charge in [0.15, 0.2) is 6.29 Å². The molecule has 8 heteroatoms. The molecule has 14 heavy (non-hydrogen) atoms. The van der Waals surface area contributed by atoms with Crippen LogP contribution < -0.4 is 0 Å². The Morgan fingerprint density at radius 3 is 2.43 bits per heavy atom. The fourth-order valence-electron chi connectivity index (χ4n) is 1.28. The molecule has 5 atom stereocenters. The highest BCUT2D eigenvalue weighted by molar-refractivity contribution is 4.93. The van der Waals surface area contributed by atoms with Crippen LogP contribution in [0.4, 0.5) is 0 Å². The molecule has 0 spiro atoms. The minimum atomic E-state index is -1.58. The summed E-state index contributed by atoms with van der Waals surface area (Å²) in [7, 11) is 0. The topological polar surface area (TPSA) is 139 Å². The van der Waals surface area contributed by atoms with Crippen molar-refractivity contribution in [3.05, 3.63) is 10.4 Å². The van der Waals surface area contributed by atoms with E-state index < -0.39 is 37.3 Å². The van der Waals surface area contributed by atoms with Gasteiger partial charge >= 0.3 is 0 Å². The molecule has 0 aromatic heterocycles. The van der Waals surface area contributed by atoms with Gasteiger partial charge in [-0.2, -0.15) is 0 Å². The summed E-state index contributed by atoms with van der Waals surface area (Å²) in [6.45, 7) is -0.539. The van der Waals surface area contributed by atoms with Crippen LogP contribution in [0, 0.1) is 0 Å². The molecule has 0 bridgehead atoms. The second-order valence-corrected chi connectivity index (χ2v) is 2.92. The number of rotatable bonds is 2. The van der Waals surface area contributed by atoms with Crippen molar-refractivity contribution in [2.24, 2.45) is 5.11 Å². The van der Waals surface area contributed by atoms with E-state index in [1.165, 1.54) is 0 Å². The first-order chi connectivity index (χ1) is 6.61. The molecule has 1 aliphatic heterocycles. The fraction of sp³-hybridized carbons (Fsp3) is 1.00. The lowest BCUT2D eigenvalue weighted by Gasteiger charge is -2.37. The summed E-state index contributed by atoms with van der Waals surface area (Å²) >= 11 is 0. The van der Waals surface area contributed by atoms with Gasteiger partial charge < -0.3 is 25.2 Å². The van der Waals surface area contributed by atoms with Crippen molar-refractivity contribution in [1.29, 1.82) is 0 Å². The van der Waals surface area contributed by atoms with Crippen molar-refractivity contribution >= 4 is 0 Å². The smallest absolute Gasteiger partial charge is 0.181 e. The van der Waals surface area contributed by atoms with Gasteiger partial charge in [0.1, 0.15) is 12.2 Å². The van der Waals surface area contributed by atoms with Crippen LogP contribution in [0.15, 0.2) is 5.11 Å². The molecule has 1 saturated heterocycles. The van der Waals surface area contributed by atoms with E-state index in [9.17, 15) is 10.2 Å². The highest BCUT2D eigenvalue weighted by Crippen LogP contribution is 2.22. The minimum absolute atomic E-state index is 0.539. The Morgan fingerprint density at radius 2 is 1.93 bits per heavy atom. The molecule has 0 saturated carbocycles. The Morgan fingerprint density at radius 1 is 1.29 bits per heavy atom. The number of azide groups is 1. The van der Waals surface area contributed by atoms with Gasteiger partial charge in [-0.25, -0.2) is 0 Å². The van der Waals surface area contributed by atoms with Crippen LogP contribution in [0.5, 0.6) is 0 Å². The van der Waals surface area contributed by atoms with Crippen LogP contribution in [0.25, 0.3) is 10.4 Å². The Balaban J connectivity index is 2.82. The summed E-state index contributed by atoms with van der Waals surface area (Å²) in [5, 5.41) is 39.7. The average molecular weight is 205 g/mol. The first-order valence-corrected chi connectivity index (χ1v) is 3.96. The number of nitrogens with zero attached hydrogens (tertiary/aromatic N) is 3. The van der Waals surface area contributed by atoms with Crippen molar-refractivity contribution in [3.8, 4) is 0 Å². The summed E-state index contributed by atoms with van der Waals surface area (Å²) in [6.07, 6.45) is -5.48. The van der Waals surface area contributed by atoms with Gasteiger partial charge in [-0.1, -0.05) is 5.11 Å². The number of ether oxygens (including phenoxy) is 1. The molecular weight excluding hydrogens is 194 g/mol. The molecule has 4 N–H and O–H groups in total. The molecule has 1 aliphatic rings. The molecule has 1 fully saturated rings. The van der Waals surface area contributed by atoms with Gasteiger partial charge in [-0.15, -0.1) is 0 Å². The van der Waals surface area contributed by atoms with E-state index in [2.05, 4.69) is 14.8 Å². The fourth-order valence-corrected chi connectivity index (χ4v) is 1.28. The Hall–Kier alpha value is -0.890. The van der Waals surface area contributed by atoms with Crippen molar-refractivity contribution in [3.63, 3.8) is 0 Å². The second kappa shape index (κ2) is 4.56. The zero-order valence-electron chi connectivity index (χ0n) is 7.13. The van der Waals surface area contributed by atoms with Crippen molar-refractivity contribution in [2.45, 2.75) is 30.6 Å². The molecule has 0 aromatic carbocycles. The van der Waals surface area contributed by atoms with E-state index in [-0.39, 0.29) is 0 Å². The van der Waals surface area contributed by atoms with Crippen LogP contribution in [-0.4, -0.2) is 57.7 Å². The normalized spacial score (nSPS) is 43.0. The Kier molecular flexibility index (Phi) is 3.64. The number of aliphatic hydroxyl groups excluding tert-OH is 4. The standard InChI is InChI=1S/C6H11N3O5/c7-9-8-3-4(11)2(1-10)14-6(13)5(3)12/h2-6,10-13H,1H2/t2-,3+,4-,5+,6?/m1/s1. The van der Waals surface area contributed by atoms with Crippen LogP contribution in [0.3, 0.4) is 0 Å². The molecule has 0 amide bonds. The van der Waals surface area contributed by atoms with Crippen LogP contribution in [0.1, 0.15) is 0 Å². The minimum Gasteiger partial charge on any atom is -0.394 e. The summed E-state index contributed by atoms with van der Waals surface area (Å²) in [5.41, 5.74) is 8.15. The average Bonchev–Trinajstić information content (AvgIpc) is 2.18. The maximum absolute atomic E-state index is 9.43. The Bertz CT molecular complexity index is 244. The van der Waals surface area contributed by atoms with E-state index in [4.69, 9.17) is 15.7 Å². The summed E-state index contributed by atoms with van der Waals surface area (Å²) in [4.78, 5) is 2.42. The predicted octanol–water partition coefficient (Wildman–Crippen LogP) is -1.90. The van der Waals surface area contributed by atoms with Crippen molar-refractivity contribution < 1.29 is 25.2 Å². The second-order valence-electron chi connectivity index (χ2n) is 2.92. The summed E-state index contributed by atoms with van der Waals surface area (Å²) in [5.74, 6) is 0. The van der Waals surface area contributed by atoms with E-state index in [1.54, 1.807) is 0 Å². The predicted molar refractivity (Wildman–Crippen MR) is 42.9 cm³/mol. The van der Waals surface area contributed by atoms with E-state index in [0.29, 0.717) is 0 Å². The molecule has 0 aromatic rings. The van der Waals surface area contributed by atoms with Crippen LogP contribution >= 0.6 is 0 Å². The molecule has 80 valence electrons. The lowest BCUT2D eigenvalue weighted by atomic mass is 9.97. The van der Waals surface area contributed by atoms with Gasteiger partial charge in [0.05, 0.1) is 18.8 Å². The third-order valence-electron chi connectivity index (χ3n) is 2.05. The first-order valence-electron chi connectivity index (χ1n) is 3.96. The molecule has 1 unspecified atom stereocenters. The summed E-state index contributed by atoms with van der Waals surface area (Å²) < 4.78 is 4.66. The lowest BCUT2D eigenvalue weighted by Crippen LogP contribution is -2.57. The molecule has 0 radical (unpaired) electrons. The van der Waals surface area contributed by atoms with Gasteiger partial charge in [0.2, 0.25) is 0 Å². The molecule has 8 nitrogen and oxygen atoms in total. The molecule has 1 heterocycles. The first kappa shape index (κ1) is 11.2. The number of hydrogen-bond donors (Lipinski definition) is 4. The van der Waals surface area contributed by atoms with E-state index >= 15 is 0 Å². The van der Waals surface area contributed by atoms with Crippen molar-refractivity contribution in [1.82, 2.24) is 0 Å². The van der Waals surface area contributed by atoms with Crippen LogP contribution in [-0.2, 0) is 4.74 Å². The van der Waals surface area contributed by atoms with Gasteiger partial charge in [0, 0.05) is 4.91 Å². The molecule has 0 aliphatic carbocycles. The SMILES string of the molecule is [N-]=[N+]=N[C@H]1[C@H](O)[C@@H](CO)OC(O)[C@H]1O. The maximum Gasteiger partial charge on any atom is 0.181 e. The monoisotopic (exact) mass is 205 g/mol. The highest BCUT2D eigenvalue weighted by Gasteiger charge is 2.43. The van der Waals surface area contributed by atoms with Gasteiger partial charge in [0.25, 0.3) is 0 Å². The maximum atomic E-state index is 9.43. The van der Waals surface area contributed by atoms with E-state index in [0.717, 1.165) is 0 Å². The number of aliphatic hydroxyl groups is 4. The van der Waals surface area contributed by atoms with Gasteiger partial charge in [-0.05, 0) is 5.53 Å². The van der Waals surface area contributed by atoms with Crippen molar-refractivity contribution in [2.75, 3.05) is 6.61 Å². The largest absolute Gasteiger partial charge is 0.394 e. The quantitative estimate of drug-likeness (QED) is 0.237. The third kappa shape index (κ3) is 1.95. The zero-order valence-corrected chi connectivity index (χ0v) is 7.13. The third-order valence-corrected chi connectivity index (χ3v) is 2.05. The van der Waals surface area contributed by atoms with Gasteiger partial charge in [-0.3, -0.25) is 0 Å². The lowest BCUT2D eigenvalue weighted by molar-refractivity contribution is -0.258. The number of hydrogen-bond acceptors (Lipinski definition) is 6. The molecule has 1 rings (SSSR count). The zero-order chi connectivity index (χ0) is 10.7. The highest BCUT2D eigenvalue weighted by atomic mass is 16.6. The molecular formula is C6H11N3O5. The van der Waals surface area contributed by atoms with E-state index in [1.807, 2.05) is 0 Å². The summed E-state index contributed by atoms with van der Waals surface area (Å²) in [6, 6.07) is -1.22.